The Bertz CT molecular complexity index is 1570. The highest BCUT2D eigenvalue weighted by atomic mass is 19.1. The molecule has 0 amide bonds. The Morgan fingerprint density at radius 2 is 2.00 bits per heavy atom. The van der Waals surface area contributed by atoms with E-state index in [0.29, 0.717) is 28.6 Å². The van der Waals surface area contributed by atoms with Crippen molar-refractivity contribution >= 4 is 22.7 Å². The van der Waals surface area contributed by atoms with E-state index < -0.39 is 12.1 Å². The molecule has 0 spiro atoms. The third-order valence-electron chi connectivity index (χ3n) is 7.31. The predicted molar refractivity (Wildman–Crippen MR) is 140 cm³/mol. The number of aromatic nitrogens is 6. The van der Waals surface area contributed by atoms with E-state index in [4.69, 9.17) is 4.98 Å². The molecular weight excluding hydrogens is 471 g/mol. The van der Waals surface area contributed by atoms with Crippen molar-refractivity contribution in [2.75, 3.05) is 18.5 Å². The summed E-state index contributed by atoms with van der Waals surface area (Å²) < 4.78 is 17.1. The molecule has 6 rings (SSSR count). The van der Waals surface area contributed by atoms with Crippen LogP contribution in [0.3, 0.4) is 0 Å². The number of fused-ring (bicyclic) bond motifs is 2. The first-order valence-corrected chi connectivity index (χ1v) is 12.7. The first-order valence-electron chi connectivity index (χ1n) is 12.7. The second-order valence-electron chi connectivity index (χ2n) is 11.2. The summed E-state index contributed by atoms with van der Waals surface area (Å²) in [5.41, 5.74) is 2.85. The molecule has 1 fully saturated rings. The monoisotopic (exact) mass is 502 g/mol. The molecule has 0 atom stereocenters. The van der Waals surface area contributed by atoms with Crippen LogP contribution in [0.1, 0.15) is 63.5 Å². The lowest BCUT2D eigenvalue weighted by Gasteiger charge is -2.34. The largest absolute Gasteiger partial charge is 0.324 e. The van der Waals surface area contributed by atoms with Crippen molar-refractivity contribution in [1.29, 1.82) is 0 Å². The molecule has 37 heavy (non-hydrogen) atoms. The fraction of sp³-hybridized carbons (Fsp3) is 0.444. The summed E-state index contributed by atoms with van der Waals surface area (Å²) in [5, 5.41) is 7.29. The van der Waals surface area contributed by atoms with Gasteiger partial charge in [0.05, 0.1) is 11.5 Å². The quantitative estimate of drug-likeness (QED) is 0.410. The standard InChI is InChI=1S/C27H31FN8O/c1-26(2,15-28)24-29-11-10-21(33-24)36-22-19(23(37)35(36)18-6-7-18)14-30-25(34-22)32-17-5-8-20-16(13-17)9-12-31-27(20,3)4/h5,8,10-11,13-14,18,31H,6-7,9,12,15H2,1-4H3,(H,30,32,34). The van der Waals surface area contributed by atoms with Crippen molar-refractivity contribution in [2.45, 2.75) is 64.0 Å². The number of halogens is 1. The van der Waals surface area contributed by atoms with Gasteiger partial charge >= 0.3 is 0 Å². The summed E-state index contributed by atoms with van der Waals surface area (Å²) in [6.07, 6.45) is 5.93. The van der Waals surface area contributed by atoms with Crippen molar-refractivity contribution in [2.24, 2.45) is 0 Å². The van der Waals surface area contributed by atoms with Gasteiger partial charge in [-0.3, -0.25) is 9.18 Å². The van der Waals surface area contributed by atoms with Crippen LogP contribution in [0.15, 0.2) is 41.5 Å². The van der Waals surface area contributed by atoms with Gasteiger partial charge in [-0.05, 0) is 62.9 Å². The second-order valence-corrected chi connectivity index (χ2v) is 11.2. The van der Waals surface area contributed by atoms with E-state index >= 15 is 0 Å². The molecule has 1 aliphatic heterocycles. The van der Waals surface area contributed by atoms with E-state index in [1.54, 1.807) is 41.7 Å². The molecule has 10 heteroatoms. The fourth-order valence-electron chi connectivity index (χ4n) is 5.00. The Labute approximate surface area is 214 Å². The van der Waals surface area contributed by atoms with Crippen LogP contribution in [-0.2, 0) is 17.4 Å². The SMILES string of the molecule is CC(C)(CF)c1nccc(-n2c3nc(Nc4ccc5c(c4)CCNC5(C)C)ncc3c(=O)n2C2CC2)n1. The predicted octanol–water partition coefficient (Wildman–Crippen LogP) is 4.08. The van der Waals surface area contributed by atoms with Crippen LogP contribution in [0.25, 0.3) is 16.9 Å². The summed E-state index contributed by atoms with van der Waals surface area (Å²) in [4.78, 5) is 31.6. The molecular formula is C27H31FN8O. The van der Waals surface area contributed by atoms with Crippen LogP contribution >= 0.6 is 0 Å². The van der Waals surface area contributed by atoms with Crippen LogP contribution in [0.4, 0.5) is 16.0 Å². The van der Waals surface area contributed by atoms with Gasteiger partial charge in [0.1, 0.15) is 17.9 Å². The molecule has 2 N–H and O–H groups in total. The van der Waals surface area contributed by atoms with Gasteiger partial charge in [0.25, 0.3) is 5.56 Å². The molecule has 1 saturated carbocycles. The van der Waals surface area contributed by atoms with Crippen LogP contribution < -0.4 is 16.2 Å². The number of nitrogens with one attached hydrogen (secondary N) is 2. The van der Waals surface area contributed by atoms with E-state index in [-0.39, 0.29) is 17.1 Å². The fourth-order valence-corrected chi connectivity index (χ4v) is 5.00. The van der Waals surface area contributed by atoms with Crippen LogP contribution in [-0.4, -0.2) is 42.5 Å². The van der Waals surface area contributed by atoms with Gasteiger partial charge < -0.3 is 10.6 Å². The third kappa shape index (κ3) is 4.09. The van der Waals surface area contributed by atoms with Crippen LogP contribution in [0.5, 0.6) is 0 Å². The molecule has 0 bridgehead atoms. The zero-order chi connectivity index (χ0) is 25.9. The smallest absolute Gasteiger partial charge is 0.278 e. The van der Waals surface area contributed by atoms with E-state index in [1.165, 1.54) is 11.1 Å². The lowest BCUT2D eigenvalue weighted by molar-refractivity contribution is 0.336. The van der Waals surface area contributed by atoms with Crippen molar-refractivity contribution in [1.82, 2.24) is 34.6 Å². The maximum absolute atomic E-state index is 13.7. The van der Waals surface area contributed by atoms with E-state index in [2.05, 4.69) is 51.6 Å². The topological polar surface area (TPSA) is 103 Å². The highest BCUT2D eigenvalue weighted by Gasteiger charge is 2.32. The molecule has 4 aromatic rings. The number of anilines is 2. The number of rotatable bonds is 6. The molecule has 9 nitrogen and oxygen atoms in total. The highest BCUT2D eigenvalue weighted by Crippen LogP contribution is 2.36. The molecule has 0 unspecified atom stereocenters. The molecule has 0 saturated heterocycles. The lowest BCUT2D eigenvalue weighted by atomic mass is 9.85. The minimum absolute atomic E-state index is 0.0725. The lowest BCUT2D eigenvalue weighted by Crippen LogP contribution is -2.42. The van der Waals surface area contributed by atoms with Crippen LogP contribution in [0, 0.1) is 0 Å². The molecule has 4 heterocycles. The zero-order valence-electron chi connectivity index (χ0n) is 21.5. The van der Waals surface area contributed by atoms with Crippen molar-refractivity contribution in [3.8, 4) is 5.82 Å². The first kappa shape index (κ1) is 23.7. The summed E-state index contributed by atoms with van der Waals surface area (Å²) in [6.45, 7) is 8.22. The minimum Gasteiger partial charge on any atom is -0.324 e. The molecule has 0 radical (unpaired) electrons. The second kappa shape index (κ2) is 8.44. The first-order chi connectivity index (χ1) is 17.7. The van der Waals surface area contributed by atoms with Gasteiger partial charge in [-0.2, -0.15) is 4.98 Å². The molecule has 192 valence electrons. The Morgan fingerprint density at radius 1 is 1.19 bits per heavy atom. The average molecular weight is 503 g/mol. The van der Waals surface area contributed by atoms with Gasteiger partial charge in [-0.25, -0.2) is 24.3 Å². The summed E-state index contributed by atoms with van der Waals surface area (Å²) in [5.74, 6) is 1.25. The average Bonchev–Trinajstić information content (AvgIpc) is 3.67. The van der Waals surface area contributed by atoms with Crippen LogP contribution in [0.2, 0.25) is 0 Å². The molecule has 3 aromatic heterocycles. The van der Waals surface area contributed by atoms with Gasteiger partial charge in [0.2, 0.25) is 5.95 Å². The Balaban J connectivity index is 1.44. The number of hydrogen-bond donors (Lipinski definition) is 2. The maximum atomic E-state index is 13.7. The van der Waals surface area contributed by atoms with E-state index in [1.807, 2.05) is 6.07 Å². The Hall–Kier alpha value is -3.66. The zero-order valence-corrected chi connectivity index (χ0v) is 21.5. The van der Waals surface area contributed by atoms with Gasteiger partial charge in [-0.15, -0.1) is 0 Å². The number of hydrogen-bond acceptors (Lipinski definition) is 7. The third-order valence-corrected chi connectivity index (χ3v) is 7.31. The molecule has 1 aromatic carbocycles. The molecule has 2 aliphatic rings. The Morgan fingerprint density at radius 3 is 2.76 bits per heavy atom. The number of benzene rings is 1. The van der Waals surface area contributed by atoms with E-state index in [9.17, 15) is 9.18 Å². The number of alkyl halides is 1. The minimum atomic E-state index is -0.845. The van der Waals surface area contributed by atoms with Crippen molar-refractivity contribution in [3.63, 3.8) is 0 Å². The van der Waals surface area contributed by atoms with Gasteiger partial charge in [-0.1, -0.05) is 19.9 Å². The summed E-state index contributed by atoms with van der Waals surface area (Å²) >= 11 is 0. The van der Waals surface area contributed by atoms with Gasteiger partial charge in [0, 0.05) is 29.7 Å². The highest BCUT2D eigenvalue weighted by molar-refractivity contribution is 5.77. The summed E-state index contributed by atoms with van der Waals surface area (Å²) in [7, 11) is 0. The normalized spacial score (nSPS) is 17.1. The summed E-state index contributed by atoms with van der Waals surface area (Å²) in [6, 6.07) is 8.10. The maximum Gasteiger partial charge on any atom is 0.278 e. The van der Waals surface area contributed by atoms with Gasteiger partial charge in [0.15, 0.2) is 11.5 Å². The molecule has 1 aliphatic carbocycles. The number of nitrogens with zero attached hydrogens (tertiary/aromatic N) is 6. The van der Waals surface area contributed by atoms with Crippen molar-refractivity contribution < 1.29 is 4.39 Å². The van der Waals surface area contributed by atoms with Crippen molar-refractivity contribution in [3.05, 3.63) is 64.0 Å². The van der Waals surface area contributed by atoms with E-state index in [0.717, 1.165) is 31.5 Å². The Kier molecular flexibility index (Phi) is 5.41.